The summed E-state index contributed by atoms with van der Waals surface area (Å²) < 4.78 is 0.947. The minimum absolute atomic E-state index is 0.551. The molecule has 0 aromatic heterocycles. The highest BCUT2D eigenvalue weighted by Gasteiger charge is 2.18. The van der Waals surface area contributed by atoms with Crippen LogP contribution < -0.4 is 0 Å². The summed E-state index contributed by atoms with van der Waals surface area (Å²) in [5, 5.41) is 10.9. The van der Waals surface area contributed by atoms with Gasteiger partial charge < -0.3 is 5.11 Å². The second kappa shape index (κ2) is 5.35. The highest BCUT2D eigenvalue weighted by atomic mass is 79.9. The van der Waals surface area contributed by atoms with Crippen LogP contribution in [0, 0.1) is 0 Å². The average molecular weight is 302 g/mol. The molecule has 0 aliphatic heterocycles. The van der Waals surface area contributed by atoms with Gasteiger partial charge in [-0.2, -0.15) is 0 Å². The van der Waals surface area contributed by atoms with Gasteiger partial charge in [-0.3, -0.25) is 0 Å². The fraction of sp³-hybridized carbons (Fsp3) is 0.385. The molecule has 1 unspecified atom stereocenters. The maximum absolute atomic E-state index is 10.3. The summed E-state index contributed by atoms with van der Waals surface area (Å²) in [6.45, 7) is 0. The molecule has 0 bridgehead atoms. The Balaban J connectivity index is 2.29. The van der Waals surface area contributed by atoms with Gasteiger partial charge in [0.2, 0.25) is 0 Å². The number of aliphatic hydroxyl groups excluding tert-OH is 1. The standard InChI is InChI=1S/C13H14BrClO/c14-10-6-7-12(15)11(8-10)13(16)9-4-2-1-3-5-9/h4,6-8,13,16H,1-3,5H2. The van der Waals surface area contributed by atoms with E-state index in [-0.39, 0.29) is 0 Å². The van der Waals surface area contributed by atoms with Crippen molar-refractivity contribution in [2.75, 3.05) is 0 Å². The second-order valence-electron chi connectivity index (χ2n) is 4.09. The second-order valence-corrected chi connectivity index (χ2v) is 5.42. The molecule has 16 heavy (non-hydrogen) atoms. The fourth-order valence-corrected chi connectivity index (χ4v) is 2.63. The summed E-state index contributed by atoms with van der Waals surface area (Å²) in [6, 6.07) is 5.59. The largest absolute Gasteiger partial charge is 0.384 e. The zero-order chi connectivity index (χ0) is 11.5. The summed E-state index contributed by atoms with van der Waals surface area (Å²) in [5.74, 6) is 0. The lowest BCUT2D eigenvalue weighted by Gasteiger charge is -2.20. The lowest BCUT2D eigenvalue weighted by atomic mass is 9.92. The zero-order valence-electron chi connectivity index (χ0n) is 8.92. The van der Waals surface area contributed by atoms with E-state index in [9.17, 15) is 5.11 Å². The topological polar surface area (TPSA) is 20.2 Å². The molecule has 0 saturated heterocycles. The Bertz CT molecular complexity index is 414. The molecule has 0 heterocycles. The smallest absolute Gasteiger partial charge is 0.102 e. The van der Waals surface area contributed by atoms with Crippen LogP contribution in [0.3, 0.4) is 0 Å². The lowest BCUT2D eigenvalue weighted by Crippen LogP contribution is -2.05. The van der Waals surface area contributed by atoms with E-state index in [0.717, 1.165) is 34.9 Å². The first-order chi connectivity index (χ1) is 7.68. The maximum Gasteiger partial charge on any atom is 0.102 e. The van der Waals surface area contributed by atoms with Gasteiger partial charge in [-0.1, -0.05) is 33.6 Å². The van der Waals surface area contributed by atoms with E-state index < -0.39 is 6.10 Å². The maximum atomic E-state index is 10.3. The van der Waals surface area contributed by atoms with Gasteiger partial charge in [0.15, 0.2) is 0 Å². The zero-order valence-corrected chi connectivity index (χ0v) is 11.3. The van der Waals surface area contributed by atoms with Gasteiger partial charge in [-0.25, -0.2) is 0 Å². The molecule has 0 amide bonds. The van der Waals surface area contributed by atoms with E-state index in [1.807, 2.05) is 18.2 Å². The normalized spacial score (nSPS) is 18.1. The van der Waals surface area contributed by atoms with Crippen molar-refractivity contribution < 1.29 is 5.11 Å². The van der Waals surface area contributed by atoms with Crippen LogP contribution in [-0.2, 0) is 0 Å². The van der Waals surface area contributed by atoms with Crippen LogP contribution in [0.4, 0.5) is 0 Å². The Morgan fingerprint density at radius 3 is 2.81 bits per heavy atom. The fourth-order valence-electron chi connectivity index (χ4n) is 2.04. The first kappa shape index (κ1) is 12.2. The number of allylic oxidation sites excluding steroid dienone is 1. The van der Waals surface area contributed by atoms with Crippen LogP contribution >= 0.6 is 27.5 Å². The molecule has 1 nitrogen and oxygen atoms in total. The van der Waals surface area contributed by atoms with E-state index in [1.54, 1.807) is 0 Å². The van der Waals surface area contributed by atoms with Gasteiger partial charge in [0.05, 0.1) is 0 Å². The SMILES string of the molecule is OC(C1=CCCCC1)c1cc(Br)ccc1Cl. The van der Waals surface area contributed by atoms with Crippen LogP contribution in [0.2, 0.25) is 5.02 Å². The number of rotatable bonds is 2. The molecule has 2 rings (SSSR count). The van der Waals surface area contributed by atoms with Crippen LogP contribution in [0.25, 0.3) is 0 Å². The molecule has 1 aromatic carbocycles. The number of halogens is 2. The first-order valence-electron chi connectivity index (χ1n) is 5.50. The Morgan fingerprint density at radius 1 is 1.31 bits per heavy atom. The van der Waals surface area contributed by atoms with E-state index in [4.69, 9.17) is 11.6 Å². The van der Waals surface area contributed by atoms with E-state index >= 15 is 0 Å². The predicted molar refractivity (Wildman–Crippen MR) is 70.7 cm³/mol. The molecule has 3 heteroatoms. The molecule has 1 aliphatic carbocycles. The van der Waals surface area contributed by atoms with Crippen LogP contribution in [0.15, 0.2) is 34.3 Å². The Kier molecular flexibility index (Phi) is 4.06. The van der Waals surface area contributed by atoms with Crippen LogP contribution in [0.1, 0.15) is 37.4 Å². The minimum Gasteiger partial charge on any atom is -0.384 e. The molecular weight excluding hydrogens is 287 g/mol. The summed E-state index contributed by atoms with van der Waals surface area (Å²) in [7, 11) is 0. The van der Waals surface area contributed by atoms with Gasteiger partial charge in [0.1, 0.15) is 6.10 Å². The lowest BCUT2D eigenvalue weighted by molar-refractivity contribution is 0.208. The number of aliphatic hydroxyl groups is 1. The summed E-state index contributed by atoms with van der Waals surface area (Å²) in [6.07, 6.45) is 6.02. The van der Waals surface area contributed by atoms with Gasteiger partial charge in [-0.15, -0.1) is 0 Å². The summed E-state index contributed by atoms with van der Waals surface area (Å²) >= 11 is 9.50. The van der Waals surface area contributed by atoms with Crippen molar-refractivity contribution in [1.82, 2.24) is 0 Å². The molecule has 86 valence electrons. The van der Waals surface area contributed by atoms with Gasteiger partial charge in [-0.05, 0) is 49.5 Å². The van der Waals surface area contributed by atoms with Gasteiger partial charge >= 0.3 is 0 Å². The minimum atomic E-state index is -0.551. The summed E-state index contributed by atoms with van der Waals surface area (Å²) in [5.41, 5.74) is 1.90. The third-order valence-corrected chi connectivity index (χ3v) is 3.77. The molecule has 0 radical (unpaired) electrons. The highest BCUT2D eigenvalue weighted by molar-refractivity contribution is 9.10. The summed E-state index contributed by atoms with van der Waals surface area (Å²) in [4.78, 5) is 0. The predicted octanol–water partition coefficient (Wildman–Crippen LogP) is 4.64. The third-order valence-electron chi connectivity index (χ3n) is 2.93. The Labute approximate surface area is 109 Å². The molecule has 0 spiro atoms. The van der Waals surface area contributed by atoms with Crippen molar-refractivity contribution in [2.45, 2.75) is 31.8 Å². The van der Waals surface area contributed by atoms with Crippen molar-refractivity contribution in [3.05, 3.63) is 44.9 Å². The monoisotopic (exact) mass is 300 g/mol. The molecular formula is C13H14BrClO. The average Bonchev–Trinajstić information content (AvgIpc) is 2.32. The molecule has 1 atom stereocenters. The molecule has 0 saturated carbocycles. The van der Waals surface area contributed by atoms with E-state index in [0.29, 0.717) is 5.02 Å². The number of hydrogen-bond acceptors (Lipinski definition) is 1. The molecule has 1 N–H and O–H groups in total. The molecule has 1 aromatic rings. The van der Waals surface area contributed by atoms with Crippen molar-refractivity contribution in [1.29, 1.82) is 0 Å². The van der Waals surface area contributed by atoms with Crippen molar-refractivity contribution in [3.8, 4) is 0 Å². The van der Waals surface area contributed by atoms with E-state index in [2.05, 4.69) is 22.0 Å². The Morgan fingerprint density at radius 2 is 2.12 bits per heavy atom. The van der Waals surface area contributed by atoms with Crippen LogP contribution in [-0.4, -0.2) is 5.11 Å². The van der Waals surface area contributed by atoms with Gasteiger partial charge in [0.25, 0.3) is 0 Å². The van der Waals surface area contributed by atoms with Crippen molar-refractivity contribution >= 4 is 27.5 Å². The van der Waals surface area contributed by atoms with Gasteiger partial charge in [0, 0.05) is 15.1 Å². The van der Waals surface area contributed by atoms with Crippen LogP contribution in [0.5, 0.6) is 0 Å². The Hall–Kier alpha value is -0.310. The highest BCUT2D eigenvalue weighted by Crippen LogP contribution is 2.34. The quantitative estimate of drug-likeness (QED) is 0.789. The molecule has 0 fully saturated rings. The van der Waals surface area contributed by atoms with Crippen molar-refractivity contribution in [3.63, 3.8) is 0 Å². The molecule has 1 aliphatic rings. The van der Waals surface area contributed by atoms with Crippen molar-refractivity contribution in [2.24, 2.45) is 0 Å². The first-order valence-corrected chi connectivity index (χ1v) is 6.67. The number of hydrogen-bond donors (Lipinski definition) is 1. The number of benzene rings is 1. The third kappa shape index (κ3) is 2.68. The van der Waals surface area contributed by atoms with E-state index in [1.165, 1.54) is 6.42 Å².